The van der Waals surface area contributed by atoms with Crippen LogP contribution < -0.4 is 5.73 Å². The third kappa shape index (κ3) is 3.57. The molecule has 0 bridgehead atoms. The molecule has 0 aliphatic carbocycles. The minimum Gasteiger partial charge on any atom is -0.465 e. The van der Waals surface area contributed by atoms with E-state index in [9.17, 15) is 4.79 Å². The molecule has 0 aromatic rings. The molecule has 0 aromatic carbocycles. The summed E-state index contributed by atoms with van der Waals surface area (Å²) in [5.41, 5.74) is 5.60. The Balaban J connectivity index is 3.94. The summed E-state index contributed by atoms with van der Waals surface area (Å²) in [6.45, 7) is 4.45. The summed E-state index contributed by atoms with van der Waals surface area (Å²) < 4.78 is 0. The second-order valence-electron chi connectivity index (χ2n) is 2.81. The van der Waals surface area contributed by atoms with Crippen molar-refractivity contribution in [2.75, 3.05) is 6.54 Å². The summed E-state index contributed by atoms with van der Waals surface area (Å²) in [5, 5.41) is 8.75. The van der Waals surface area contributed by atoms with Crippen LogP contribution in [-0.2, 0) is 0 Å². The van der Waals surface area contributed by atoms with Crippen molar-refractivity contribution in [2.45, 2.75) is 39.3 Å². The highest BCUT2D eigenvalue weighted by Gasteiger charge is 2.16. The van der Waals surface area contributed by atoms with Gasteiger partial charge in [-0.3, -0.25) is 4.90 Å². The topological polar surface area (TPSA) is 66.6 Å². The van der Waals surface area contributed by atoms with E-state index in [0.29, 0.717) is 13.0 Å². The minimum atomic E-state index is -0.919. The highest BCUT2D eigenvalue weighted by molar-refractivity contribution is 5.65. The molecule has 0 saturated heterocycles. The fraction of sp³-hybridized carbons (Fsp3) is 0.875. The van der Waals surface area contributed by atoms with Crippen molar-refractivity contribution in [3.63, 3.8) is 0 Å². The van der Waals surface area contributed by atoms with Crippen LogP contribution in [0.3, 0.4) is 0 Å². The predicted molar refractivity (Wildman–Crippen MR) is 47.9 cm³/mol. The number of nitrogens with zero attached hydrogens (tertiary/aromatic N) is 1. The van der Waals surface area contributed by atoms with Crippen LogP contribution >= 0.6 is 0 Å². The van der Waals surface area contributed by atoms with Gasteiger partial charge in [0.05, 0.1) is 6.17 Å². The van der Waals surface area contributed by atoms with Crippen molar-refractivity contribution >= 4 is 6.09 Å². The average Bonchev–Trinajstić information content (AvgIpc) is 2.04. The van der Waals surface area contributed by atoms with Crippen molar-refractivity contribution < 1.29 is 9.90 Å². The van der Waals surface area contributed by atoms with Crippen LogP contribution in [0.5, 0.6) is 0 Å². The zero-order valence-electron chi connectivity index (χ0n) is 7.79. The van der Waals surface area contributed by atoms with E-state index in [1.165, 1.54) is 4.90 Å². The molecule has 3 N–H and O–H groups in total. The van der Waals surface area contributed by atoms with Crippen molar-refractivity contribution in [3.05, 3.63) is 0 Å². The van der Waals surface area contributed by atoms with Gasteiger partial charge in [0.1, 0.15) is 0 Å². The first-order chi connectivity index (χ1) is 5.63. The maximum Gasteiger partial charge on any atom is 0.408 e. The number of amides is 1. The fourth-order valence-electron chi connectivity index (χ4n) is 0.952. The standard InChI is InChI=1S/C8H18N2O2/c1-3-5-6-10(8(11)12)7(9)4-2/h7H,3-6,9H2,1-2H3,(H,11,12). The lowest BCUT2D eigenvalue weighted by Crippen LogP contribution is -2.45. The number of hydrogen-bond donors (Lipinski definition) is 2. The minimum absolute atomic E-state index is 0.353. The predicted octanol–water partition coefficient (Wildman–Crippen LogP) is 1.46. The Kier molecular flexibility index (Phi) is 5.45. The van der Waals surface area contributed by atoms with Crippen LogP contribution in [0.1, 0.15) is 33.1 Å². The van der Waals surface area contributed by atoms with Crippen molar-refractivity contribution in [2.24, 2.45) is 5.73 Å². The van der Waals surface area contributed by atoms with Gasteiger partial charge in [-0.15, -0.1) is 0 Å². The molecule has 0 spiro atoms. The number of carboxylic acid groups (broad SMARTS) is 1. The Labute approximate surface area is 73.3 Å². The second kappa shape index (κ2) is 5.83. The first-order valence-electron chi connectivity index (χ1n) is 4.38. The number of nitrogens with two attached hydrogens (primary N) is 1. The Morgan fingerprint density at radius 1 is 1.58 bits per heavy atom. The molecule has 0 radical (unpaired) electrons. The highest BCUT2D eigenvalue weighted by Crippen LogP contribution is 2.01. The van der Waals surface area contributed by atoms with Crippen molar-refractivity contribution in [1.82, 2.24) is 4.90 Å². The van der Waals surface area contributed by atoms with E-state index in [1.54, 1.807) is 0 Å². The van der Waals surface area contributed by atoms with Gasteiger partial charge in [0.25, 0.3) is 0 Å². The molecule has 72 valence electrons. The van der Waals surface area contributed by atoms with Crippen LogP contribution in [0.25, 0.3) is 0 Å². The van der Waals surface area contributed by atoms with Crippen LogP contribution in [0.2, 0.25) is 0 Å². The van der Waals surface area contributed by atoms with Gasteiger partial charge >= 0.3 is 6.09 Å². The van der Waals surface area contributed by atoms with E-state index in [0.717, 1.165) is 12.8 Å². The summed E-state index contributed by atoms with van der Waals surface area (Å²) in [4.78, 5) is 11.9. The van der Waals surface area contributed by atoms with E-state index < -0.39 is 6.09 Å². The summed E-state index contributed by atoms with van der Waals surface area (Å²) >= 11 is 0. The monoisotopic (exact) mass is 174 g/mol. The zero-order valence-corrected chi connectivity index (χ0v) is 7.79. The molecule has 0 aliphatic heterocycles. The first-order valence-corrected chi connectivity index (χ1v) is 4.38. The molecule has 0 rings (SSSR count). The van der Waals surface area contributed by atoms with Crippen molar-refractivity contribution in [3.8, 4) is 0 Å². The van der Waals surface area contributed by atoms with Crippen LogP contribution in [0, 0.1) is 0 Å². The number of carbonyl (C=O) groups is 1. The lowest BCUT2D eigenvalue weighted by Gasteiger charge is -2.24. The molecule has 0 fully saturated rings. The summed E-state index contributed by atoms with van der Waals surface area (Å²) in [5.74, 6) is 0. The Bertz CT molecular complexity index is 139. The largest absolute Gasteiger partial charge is 0.465 e. The van der Waals surface area contributed by atoms with Gasteiger partial charge in [0.2, 0.25) is 0 Å². The molecular weight excluding hydrogens is 156 g/mol. The van der Waals surface area contributed by atoms with E-state index in [2.05, 4.69) is 0 Å². The molecule has 0 saturated carbocycles. The molecule has 0 aliphatic rings. The Morgan fingerprint density at radius 3 is 2.50 bits per heavy atom. The van der Waals surface area contributed by atoms with E-state index >= 15 is 0 Å². The third-order valence-electron chi connectivity index (χ3n) is 1.82. The maximum atomic E-state index is 10.7. The van der Waals surface area contributed by atoms with E-state index in [-0.39, 0.29) is 6.17 Å². The van der Waals surface area contributed by atoms with Gasteiger partial charge in [-0.05, 0) is 12.8 Å². The molecule has 1 atom stereocenters. The molecule has 0 aromatic heterocycles. The molecule has 1 unspecified atom stereocenters. The maximum absolute atomic E-state index is 10.7. The lowest BCUT2D eigenvalue weighted by atomic mass is 10.3. The summed E-state index contributed by atoms with van der Waals surface area (Å²) in [6, 6.07) is 0. The number of rotatable bonds is 5. The average molecular weight is 174 g/mol. The van der Waals surface area contributed by atoms with Gasteiger partial charge in [-0.2, -0.15) is 0 Å². The van der Waals surface area contributed by atoms with E-state index in [1.807, 2.05) is 13.8 Å². The Hall–Kier alpha value is -0.770. The van der Waals surface area contributed by atoms with Crippen LogP contribution in [-0.4, -0.2) is 28.8 Å². The smallest absolute Gasteiger partial charge is 0.408 e. The van der Waals surface area contributed by atoms with Gasteiger partial charge in [0, 0.05) is 6.54 Å². The van der Waals surface area contributed by atoms with Crippen LogP contribution in [0.15, 0.2) is 0 Å². The fourth-order valence-corrected chi connectivity index (χ4v) is 0.952. The van der Waals surface area contributed by atoms with Crippen LogP contribution in [0.4, 0.5) is 4.79 Å². The number of unbranched alkanes of at least 4 members (excludes halogenated alkanes) is 1. The number of hydrogen-bond acceptors (Lipinski definition) is 2. The van der Waals surface area contributed by atoms with Gasteiger partial charge in [0.15, 0.2) is 0 Å². The van der Waals surface area contributed by atoms with Gasteiger partial charge < -0.3 is 10.8 Å². The zero-order chi connectivity index (χ0) is 9.56. The first kappa shape index (κ1) is 11.2. The normalized spacial score (nSPS) is 12.6. The quantitative estimate of drug-likeness (QED) is 0.620. The van der Waals surface area contributed by atoms with Gasteiger partial charge in [-0.1, -0.05) is 20.3 Å². The summed E-state index contributed by atoms with van der Waals surface area (Å²) in [7, 11) is 0. The molecule has 4 heteroatoms. The molecule has 1 amide bonds. The molecule has 4 nitrogen and oxygen atoms in total. The highest BCUT2D eigenvalue weighted by atomic mass is 16.4. The van der Waals surface area contributed by atoms with E-state index in [4.69, 9.17) is 10.8 Å². The Morgan fingerprint density at radius 2 is 2.17 bits per heavy atom. The van der Waals surface area contributed by atoms with Crippen molar-refractivity contribution in [1.29, 1.82) is 0 Å². The molecular formula is C8H18N2O2. The SMILES string of the molecule is CCCCN(C(=O)O)C(N)CC. The van der Waals surface area contributed by atoms with Gasteiger partial charge in [-0.25, -0.2) is 4.79 Å². The lowest BCUT2D eigenvalue weighted by molar-refractivity contribution is 0.123. The molecule has 0 heterocycles. The molecule has 12 heavy (non-hydrogen) atoms. The summed E-state index contributed by atoms with van der Waals surface area (Å²) in [6.07, 6.45) is 1.25. The third-order valence-corrected chi connectivity index (χ3v) is 1.82. The second-order valence-corrected chi connectivity index (χ2v) is 2.81.